The van der Waals surface area contributed by atoms with Gasteiger partial charge in [0.2, 0.25) is 0 Å². The zero-order valence-corrected chi connectivity index (χ0v) is 23.4. The normalized spacial score (nSPS) is 39.4. The maximum absolute atomic E-state index is 12.3. The van der Waals surface area contributed by atoms with Gasteiger partial charge in [0, 0.05) is 6.42 Å². The molecule has 0 heterocycles. The average molecular weight is 502 g/mol. The first-order valence-electron chi connectivity index (χ1n) is 14.8. The SMILES string of the molecule is CC(C)CCC[C@@H](C)[C@H]1CC[C@H]2[C@@H]3CC=C4C[C@@H](OC(=O)C[C@H](N)C(=O)O)CC[C@]4(C)[C@H]3CC[C@]12C. The van der Waals surface area contributed by atoms with Gasteiger partial charge in [-0.3, -0.25) is 9.59 Å². The van der Waals surface area contributed by atoms with Crippen molar-refractivity contribution in [2.24, 2.45) is 52.1 Å². The molecular formula is C31H51NO4. The van der Waals surface area contributed by atoms with Crippen LogP contribution in [0.3, 0.4) is 0 Å². The van der Waals surface area contributed by atoms with Gasteiger partial charge >= 0.3 is 11.9 Å². The van der Waals surface area contributed by atoms with Crippen LogP contribution in [-0.4, -0.2) is 29.2 Å². The quantitative estimate of drug-likeness (QED) is 0.270. The Morgan fingerprint density at radius 1 is 1.08 bits per heavy atom. The number of nitrogens with two attached hydrogens (primary N) is 1. The summed E-state index contributed by atoms with van der Waals surface area (Å²) >= 11 is 0. The summed E-state index contributed by atoms with van der Waals surface area (Å²) in [5.74, 6) is 3.25. The van der Waals surface area contributed by atoms with Crippen LogP contribution < -0.4 is 5.73 Å². The summed E-state index contributed by atoms with van der Waals surface area (Å²) in [5.41, 5.74) is 7.72. The number of aliphatic carboxylic acids is 1. The van der Waals surface area contributed by atoms with E-state index in [0.29, 0.717) is 5.41 Å². The molecule has 0 aromatic heterocycles. The molecule has 204 valence electrons. The van der Waals surface area contributed by atoms with Crippen molar-refractivity contribution >= 4 is 11.9 Å². The Balaban J connectivity index is 1.40. The zero-order valence-electron chi connectivity index (χ0n) is 23.4. The topological polar surface area (TPSA) is 89.6 Å². The van der Waals surface area contributed by atoms with Gasteiger partial charge < -0.3 is 15.6 Å². The van der Waals surface area contributed by atoms with E-state index in [9.17, 15) is 9.59 Å². The number of carbonyl (C=O) groups is 2. The van der Waals surface area contributed by atoms with Gasteiger partial charge in [0.25, 0.3) is 0 Å². The third-order valence-corrected chi connectivity index (χ3v) is 11.3. The highest BCUT2D eigenvalue weighted by Gasteiger charge is 2.59. The van der Waals surface area contributed by atoms with E-state index in [0.717, 1.165) is 54.8 Å². The molecule has 0 amide bonds. The molecule has 0 unspecified atom stereocenters. The van der Waals surface area contributed by atoms with E-state index in [1.54, 1.807) is 0 Å². The number of ether oxygens (including phenoxy) is 1. The van der Waals surface area contributed by atoms with Gasteiger partial charge in [-0.05, 0) is 91.3 Å². The Kier molecular flexibility index (Phi) is 8.29. The largest absolute Gasteiger partial charge is 0.480 e. The summed E-state index contributed by atoms with van der Waals surface area (Å²) in [6, 6.07) is -1.19. The molecule has 36 heavy (non-hydrogen) atoms. The van der Waals surface area contributed by atoms with Crippen LogP contribution >= 0.6 is 0 Å². The molecule has 0 spiro atoms. The monoisotopic (exact) mass is 501 g/mol. The predicted molar refractivity (Wildman–Crippen MR) is 143 cm³/mol. The van der Waals surface area contributed by atoms with E-state index in [-0.39, 0.29) is 17.9 Å². The first-order chi connectivity index (χ1) is 17.0. The summed E-state index contributed by atoms with van der Waals surface area (Å²) in [4.78, 5) is 23.2. The molecular weight excluding hydrogens is 450 g/mol. The van der Waals surface area contributed by atoms with Gasteiger partial charge in [-0.1, -0.05) is 65.5 Å². The molecule has 4 rings (SSSR count). The van der Waals surface area contributed by atoms with Crippen molar-refractivity contribution in [1.82, 2.24) is 0 Å². The van der Waals surface area contributed by atoms with E-state index in [1.807, 2.05) is 0 Å². The molecule has 5 heteroatoms. The van der Waals surface area contributed by atoms with Crippen LogP contribution in [-0.2, 0) is 14.3 Å². The zero-order chi connectivity index (χ0) is 26.3. The lowest BCUT2D eigenvalue weighted by Gasteiger charge is -2.58. The lowest BCUT2D eigenvalue weighted by atomic mass is 9.47. The number of hydrogen-bond acceptors (Lipinski definition) is 4. The van der Waals surface area contributed by atoms with Crippen LogP contribution in [0.2, 0.25) is 0 Å². The van der Waals surface area contributed by atoms with Crippen LogP contribution in [0.5, 0.6) is 0 Å². The number of esters is 1. The summed E-state index contributed by atoms with van der Waals surface area (Å²) in [5, 5.41) is 8.98. The highest BCUT2D eigenvalue weighted by Crippen LogP contribution is 2.67. The van der Waals surface area contributed by atoms with Crippen LogP contribution in [0.4, 0.5) is 0 Å². The van der Waals surface area contributed by atoms with Gasteiger partial charge in [-0.2, -0.15) is 0 Å². The lowest BCUT2D eigenvalue weighted by Crippen LogP contribution is -2.51. The second-order valence-corrected chi connectivity index (χ2v) is 13.8. The number of fused-ring (bicyclic) bond motifs is 5. The van der Waals surface area contributed by atoms with Gasteiger partial charge in [0.15, 0.2) is 0 Å². The molecule has 0 aliphatic heterocycles. The number of carbonyl (C=O) groups excluding carboxylic acids is 1. The van der Waals surface area contributed by atoms with Crippen molar-refractivity contribution in [1.29, 1.82) is 0 Å². The Morgan fingerprint density at radius 3 is 2.53 bits per heavy atom. The third kappa shape index (κ3) is 5.28. The number of allylic oxidation sites excluding steroid dienone is 1. The fraction of sp³-hybridized carbons (Fsp3) is 0.871. The fourth-order valence-corrected chi connectivity index (χ4v) is 9.25. The van der Waals surface area contributed by atoms with E-state index < -0.39 is 18.0 Å². The molecule has 0 aromatic rings. The van der Waals surface area contributed by atoms with Crippen LogP contribution in [0, 0.1) is 46.3 Å². The summed E-state index contributed by atoms with van der Waals surface area (Å²) in [6.45, 7) is 12.4. The molecule has 5 nitrogen and oxygen atoms in total. The Morgan fingerprint density at radius 2 is 1.83 bits per heavy atom. The maximum Gasteiger partial charge on any atom is 0.321 e. The van der Waals surface area contributed by atoms with Crippen molar-refractivity contribution in [3.05, 3.63) is 11.6 Å². The number of rotatable bonds is 9. The number of carboxylic acid groups (broad SMARTS) is 1. The molecule has 3 saturated carbocycles. The first kappa shape index (κ1) is 27.7. The molecule has 3 N–H and O–H groups in total. The van der Waals surface area contributed by atoms with E-state index in [1.165, 1.54) is 56.9 Å². The smallest absolute Gasteiger partial charge is 0.321 e. The minimum absolute atomic E-state index is 0.147. The maximum atomic E-state index is 12.3. The summed E-state index contributed by atoms with van der Waals surface area (Å²) < 4.78 is 5.69. The first-order valence-corrected chi connectivity index (χ1v) is 14.8. The van der Waals surface area contributed by atoms with E-state index in [2.05, 4.69) is 40.7 Å². The second-order valence-electron chi connectivity index (χ2n) is 13.8. The number of carboxylic acids is 1. The van der Waals surface area contributed by atoms with Crippen molar-refractivity contribution < 1.29 is 19.4 Å². The molecule has 0 radical (unpaired) electrons. The van der Waals surface area contributed by atoms with Crippen LogP contribution in [0.25, 0.3) is 0 Å². The van der Waals surface area contributed by atoms with Crippen molar-refractivity contribution in [2.75, 3.05) is 0 Å². The molecule has 3 fully saturated rings. The molecule has 0 aromatic carbocycles. The minimum Gasteiger partial charge on any atom is -0.480 e. The standard InChI is InChI=1S/C31H51NO4/c1-19(2)7-6-8-20(3)24-11-12-25-23-10-9-21-17-22(36-28(33)18-27(32)29(34)35)13-15-30(21,4)26(23)14-16-31(24,25)5/h9,19-20,22-27H,6-8,10-18,32H2,1-5H3,(H,34,35)/t20-,22+,23+,24-,25+,26+,27+,30+,31-/m1/s1. The van der Waals surface area contributed by atoms with Crippen LogP contribution in [0.1, 0.15) is 112 Å². The third-order valence-electron chi connectivity index (χ3n) is 11.3. The van der Waals surface area contributed by atoms with Gasteiger partial charge in [-0.15, -0.1) is 0 Å². The summed E-state index contributed by atoms with van der Waals surface area (Å²) in [6.07, 6.45) is 15.6. The van der Waals surface area contributed by atoms with Gasteiger partial charge in [0.1, 0.15) is 12.1 Å². The molecule has 9 atom stereocenters. The van der Waals surface area contributed by atoms with Gasteiger partial charge in [-0.25, -0.2) is 0 Å². The van der Waals surface area contributed by atoms with E-state index >= 15 is 0 Å². The Labute approximate surface area is 219 Å². The molecule has 0 saturated heterocycles. The van der Waals surface area contributed by atoms with Crippen molar-refractivity contribution in [3.63, 3.8) is 0 Å². The number of hydrogen-bond donors (Lipinski definition) is 2. The van der Waals surface area contributed by atoms with E-state index in [4.69, 9.17) is 15.6 Å². The highest BCUT2D eigenvalue weighted by atomic mass is 16.5. The van der Waals surface area contributed by atoms with Gasteiger partial charge in [0.05, 0.1) is 6.42 Å². The lowest BCUT2D eigenvalue weighted by molar-refractivity contribution is -0.154. The van der Waals surface area contributed by atoms with Crippen molar-refractivity contribution in [2.45, 2.75) is 124 Å². The molecule has 4 aliphatic carbocycles. The van der Waals surface area contributed by atoms with Crippen molar-refractivity contribution in [3.8, 4) is 0 Å². The second kappa shape index (κ2) is 10.8. The van der Waals surface area contributed by atoms with Crippen LogP contribution in [0.15, 0.2) is 11.6 Å². The Hall–Kier alpha value is -1.36. The average Bonchev–Trinajstić information content (AvgIpc) is 3.16. The minimum atomic E-state index is -1.19. The highest BCUT2D eigenvalue weighted by molar-refractivity contribution is 5.81. The fourth-order valence-electron chi connectivity index (χ4n) is 9.25. The molecule has 0 bridgehead atoms. The predicted octanol–water partition coefficient (Wildman–Crippen LogP) is 6.74. The Bertz CT molecular complexity index is 852. The molecule has 4 aliphatic rings. The summed E-state index contributed by atoms with van der Waals surface area (Å²) in [7, 11) is 0.